The molecule has 0 heterocycles. The average Bonchev–Trinajstić information content (AvgIpc) is 3.72. The Kier molecular flexibility index (Phi) is 7.65. The number of allylic oxidation sites excluding steroid dienone is 4. The first-order valence-electron chi connectivity index (χ1n) is 15.8. The van der Waals surface area contributed by atoms with E-state index in [2.05, 4.69) is 41.2 Å². The Morgan fingerprint density at radius 2 is 1.69 bits per heavy atom. The topological polar surface area (TPSA) is 0 Å². The van der Waals surface area contributed by atoms with Gasteiger partial charge in [0.15, 0.2) is 0 Å². The van der Waals surface area contributed by atoms with Crippen LogP contribution in [0.4, 0.5) is 0 Å². The van der Waals surface area contributed by atoms with Crippen molar-refractivity contribution in [2.45, 2.75) is 133 Å². The minimum absolute atomic E-state index is 0. The van der Waals surface area contributed by atoms with E-state index < -0.39 is 0 Å². The zero-order valence-corrected chi connectivity index (χ0v) is 24.4. The van der Waals surface area contributed by atoms with Crippen molar-refractivity contribution in [1.82, 2.24) is 0 Å². The van der Waals surface area contributed by atoms with Crippen LogP contribution in [0.25, 0.3) is 0 Å². The predicted molar refractivity (Wildman–Crippen MR) is 161 cm³/mol. The molecule has 0 bridgehead atoms. The van der Waals surface area contributed by atoms with Gasteiger partial charge in [-0.05, 0) is 141 Å². The first-order valence-corrected chi connectivity index (χ1v) is 15.8. The summed E-state index contributed by atoms with van der Waals surface area (Å²) in [5.41, 5.74) is 8.14. The van der Waals surface area contributed by atoms with Crippen LogP contribution >= 0.6 is 0 Å². The molecule has 0 saturated heterocycles. The molecule has 0 aliphatic heterocycles. The fourth-order valence-electron chi connectivity index (χ4n) is 11.7. The molecule has 0 N–H and O–H groups in total. The van der Waals surface area contributed by atoms with Crippen LogP contribution in [0.5, 0.6) is 0 Å². The summed E-state index contributed by atoms with van der Waals surface area (Å²) in [6.45, 7) is 25.8. The second-order valence-electron chi connectivity index (χ2n) is 14.1. The molecule has 0 heteroatoms. The quantitative estimate of drug-likeness (QED) is 0.322. The molecule has 0 radical (unpaired) electrons. The highest BCUT2D eigenvalue weighted by molar-refractivity contribution is 5.46. The van der Waals surface area contributed by atoms with E-state index in [-0.39, 0.29) is 8.85 Å². The minimum Gasteiger partial charge on any atom is -0.0993 e. The second kappa shape index (κ2) is 9.75. The van der Waals surface area contributed by atoms with E-state index in [9.17, 15) is 0 Å². The van der Waals surface area contributed by atoms with Crippen molar-refractivity contribution >= 4 is 0 Å². The number of rotatable bonds is 6. The number of fused-ring (bicyclic) bond motifs is 4. The first-order chi connectivity index (χ1) is 16.7. The van der Waals surface area contributed by atoms with Crippen molar-refractivity contribution in [3.05, 3.63) is 35.5 Å². The summed E-state index contributed by atoms with van der Waals surface area (Å²) < 4.78 is 0. The highest BCUT2D eigenvalue weighted by atomic mass is 15.0. The molecule has 6 aliphatic carbocycles. The molecule has 1 spiro atoms. The number of hydrogen-bond donors (Lipinski definition) is 0. The van der Waals surface area contributed by atoms with Crippen molar-refractivity contribution < 1.29 is 1.43 Å². The summed E-state index contributed by atoms with van der Waals surface area (Å²) in [4.78, 5) is 0. The Hall–Kier alpha value is -0.780. The maximum Gasteiger partial charge on any atom is 0 e. The van der Waals surface area contributed by atoms with Crippen molar-refractivity contribution in [3.63, 3.8) is 0 Å². The normalized spacial score (nSPS) is 48.0. The van der Waals surface area contributed by atoms with E-state index in [0.717, 1.165) is 46.8 Å². The summed E-state index contributed by atoms with van der Waals surface area (Å²) in [7, 11) is 0. The van der Waals surface area contributed by atoms with E-state index in [0.29, 0.717) is 10.8 Å². The smallest absolute Gasteiger partial charge is 0 e. The first kappa shape index (κ1) is 28.2. The Bertz CT molecular complexity index is 910. The summed E-state index contributed by atoms with van der Waals surface area (Å²) in [6.07, 6.45) is 16.8. The SMILES string of the molecule is C.C=C1CC(CCC2(C)CCC3C(CC4C5C6CCC(=C)C3(C)C645)C2CCC)CC(C)=C1CC.CC.[HH]. The van der Waals surface area contributed by atoms with Crippen molar-refractivity contribution in [2.75, 3.05) is 0 Å². The largest absolute Gasteiger partial charge is 0.0993 e. The zero-order valence-electron chi connectivity index (χ0n) is 24.4. The van der Waals surface area contributed by atoms with E-state index in [1.165, 1.54) is 76.2 Å². The molecule has 10 unspecified atom stereocenters. The van der Waals surface area contributed by atoms with Crippen LogP contribution in [0, 0.1) is 57.7 Å². The Morgan fingerprint density at radius 3 is 2.33 bits per heavy atom. The van der Waals surface area contributed by atoms with Gasteiger partial charge in [0.1, 0.15) is 0 Å². The van der Waals surface area contributed by atoms with E-state index >= 15 is 0 Å². The second-order valence-corrected chi connectivity index (χ2v) is 14.1. The summed E-state index contributed by atoms with van der Waals surface area (Å²) in [6, 6.07) is 0. The lowest BCUT2D eigenvalue weighted by Crippen LogP contribution is -2.54. The molecule has 0 amide bonds. The molecular formula is C36H62. The molecule has 36 heavy (non-hydrogen) atoms. The van der Waals surface area contributed by atoms with Gasteiger partial charge in [-0.15, -0.1) is 0 Å². The molecule has 6 rings (SSSR count). The van der Waals surface area contributed by atoms with Gasteiger partial charge in [-0.25, -0.2) is 0 Å². The fraction of sp³-hybridized carbons (Fsp3) is 0.833. The van der Waals surface area contributed by atoms with Crippen LogP contribution in [0.15, 0.2) is 35.5 Å². The van der Waals surface area contributed by atoms with Crippen LogP contribution < -0.4 is 0 Å². The molecule has 5 fully saturated rings. The number of hydrogen-bond acceptors (Lipinski definition) is 0. The third kappa shape index (κ3) is 3.57. The van der Waals surface area contributed by atoms with Gasteiger partial charge in [0.2, 0.25) is 0 Å². The van der Waals surface area contributed by atoms with Crippen molar-refractivity contribution in [3.8, 4) is 0 Å². The lowest BCUT2D eigenvalue weighted by molar-refractivity contribution is -0.102. The van der Waals surface area contributed by atoms with Crippen molar-refractivity contribution in [2.24, 2.45) is 57.7 Å². The average molecular weight is 495 g/mol. The van der Waals surface area contributed by atoms with E-state index in [1.54, 1.807) is 23.1 Å². The van der Waals surface area contributed by atoms with Crippen molar-refractivity contribution in [1.29, 1.82) is 0 Å². The Labute approximate surface area is 227 Å². The molecule has 0 nitrogen and oxygen atoms in total. The highest BCUT2D eigenvalue weighted by Crippen LogP contribution is 2.98. The summed E-state index contributed by atoms with van der Waals surface area (Å²) in [5, 5.41) is 0. The molecular weight excluding hydrogens is 432 g/mol. The van der Waals surface area contributed by atoms with Gasteiger partial charge < -0.3 is 0 Å². The molecule has 5 saturated carbocycles. The van der Waals surface area contributed by atoms with Crippen LogP contribution in [0.3, 0.4) is 0 Å². The molecule has 0 aromatic rings. The fourth-order valence-corrected chi connectivity index (χ4v) is 11.7. The van der Waals surface area contributed by atoms with Crippen LogP contribution in [0.1, 0.15) is 134 Å². The van der Waals surface area contributed by atoms with Gasteiger partial charge in [0.05, 0.1) is 0 Å². The maximum absolute atomic E-state index is 4.77. The monoisotopic (exact) mass is 494 g/mol. The lowest BCUT2D eigenvalue weighted by atomic mass is 9.43. The van der Waals surface area contributed by atoms with Gasteiger partial charge in [0, 0.05) is 1.43 Å². The van der Waals surface area contributed by atoms with Crippen LogP contribution in [-0.4, -0.2) is 0 Å². The van der Waals surface area contributed by atoms with Gasteiger partial charge in [-0.2, -0.15) is 0 Å². The predicted octanol–water partition coefficient (Wildman–Crippen LogP) is 11.4. The van der Waals surface area contributed by atoms with Gasteiger partial charge in [-0.3, -0.25) is 0 Å². The molecule has 206 valence electrons. The van der Waals surface area contributed by atoms with Gasteiger partial charge >= 0.3 is 0 Å². The minimum atomic E-state index is 0. The molecule has 0 aromatic carbocycles. The standard InChI is InChI=1S/C33H50.C2H6.CH4.H2/c1-8-10-26-25-19-29-30-28-12-11-22(5)32(7,33(28,29)30)27(25)14-16-31(26,6)15-13-23-17-20(3)24(9-2)21(4)18-23;1-2;;/h23,25-30H,3,5,8-19H2,1-2,4,6-7H3;1-2H3;1H4;1H. The summed E-state index contributed by atoms with van der Waals surface area (Å²) in [5.74, 6) is 6.98. The Balaban J connectivity index is 0.000000929. The summed E-state index contributed by atoms with van der Waals surface area (Å²) >= 11 is 0. The van der Waals surface area contributed by atoms with Crippen LogP contribution in [-0.2, 0) is 0 Å². The van der Waals surface area contributed by atoms with E-state index in [1.807, 2.05) is 13.8 Å². The molecule has 6 aliphatic rings. The molecule has 10 atom stereocenters. The zero-order chi connectivity index (χ0) is 25.3. The Morgan fingerprint density at radius 1 is 0.972 bits per heavy atom. The van der Waals surface area contributed by atoms with E-state index in [4.69, 9.17) is 6.58 Å². The maximum atomic E-state index is 4.77. The highest BCUT2D eigenvalue weighted by Gasteiger charge is 2.94. The van der Waals surface area contributed by atoms with Gasteiger partial charge in [0.25, 0.3) is 0 Å². The molecule has 0 aromatic heterocycles. The van der Waals surface area contributed by atoms with Crippen LogP contribution in [0.2, 0.25) is 0 Å². The van der Waals surface area contributed by atoms with Gasteiger partial charge in [-0.1, -0.05) is 85.3 Å². The third-order valence-corrected chi connectivity index (χ3v) is 13.2. The lowest BCUT2D eigenvalue weighted by Gasteiger charge is -2.61. The third-order valence-electron chi connectivity index (χ3n) is 13.2.